The van der Waals surface area contributed by atoms with Crippen molar-refractivity contribution in [2.75, 3.05) is 0 Å². The zero-order valence-electron chi connectivity index (χ0n) is 10.8. The molecule has 0 amide bonds. The third kappa shape index (κ3) is 6.71. The van der Waals surface area contributed by atoms with Crippen LogP contribution in [0.1, 0.15) is 5.56 Å². The standard InChI is InChI=1S/C13H12BFO3.FN.W/c15-12-6-4-10(5-7-12)9-18-13-3-1-2-11(8-13)14(16)17;1-2;/h1-8,16-17H,9H2;;. The van der Waals surface area contributed by atoms with E-state index < -0.39 is 7.12 Å². The smallest absolute Gasteiger partial charge is 0.488 e. The van der Waals surface area contributed by atoms with E-state index >= 15 is 0 Å². The monoisotopic (exact) mass is 463 g/mol. The fraction of sp³-hybridized carbons (Fsp3) is 0.0769. The Balaban J connectivity index is 0.000000677. The van der Waals surface area contributed by atoms with Crippen molar-refractivity contribution in [3.05, 3.63) is 59.9 Å². The van der Waals surface area contributed by atoms with Gasteiger partial charge in [0, 0.05) is 0 Å². The minimum atomic E-state index is -1.51. The van der Waals surface area contributed by atoms with Crippen LogP contribution in [0.25, 0.3) is 0 Å². The van der Waals surface area contributed by atoms with E-state index in [4.69, 9.17) is 14.8 Å². The molecule has 2 rings (SSSR count). The van der Waals surface area contributed by atoms with Crippen LogP contribution in [0.3, 0.4) is 0 Å². The molecule has 0 aliphatic carbocycles. The van der Waals surface area contributed by atoms with Crippen LogP contribution >= 0.6 is 0 Å². The van der Waals surface area contributed by atoms with Gasteiger partial charge in [0.15, 0.2) is 0 Å². The topological polar surface area (TPSA) is 62.1 Å². The normalized spacial score (nSPS) is 9.33. The predicted octanol–water partition coefficient (Wildman–Crippen LogP) is 1.69. The van der Waals surface area contributed by atoms with Gasteiger partial charge in [0.05, 0.1) is 0 Å². The van der Waals surface area contributed by atoms with Gasteiger partial charge in [0.1, 0.15) is 18.2 Å². The second kappa shape index (κ2) is 9.50. The molecule has 110 valence electrons. The van der Waals surface area contributed by atoms with Crippen LogP contribution in [0.15, 0.2) is 52.2 Å². The van der Waals surface area contributed by atoms with Crippen molar-refractivity contribution in [2.24, 2.45) is 3.72 Å². The number of rotatable bonds is 4. The molecule has 0 aliphatic heterocycles. The van der Waals surface area contributed by atoms with Gasteiger partial charge >= 0.3 is 34.9 Å². The van der Waals surface area contributed by atoms with E-state index in [-0.39, 0.29) is 5.82 Å². The Kier molecular flexibility index (Phi) is 7.97. The minimum absolute atomic E-state index is 0.288. The molecular formula is C13H12BF2NO3W. The molecule has 0 spiro atoms. The number of benzene rings is 2. The molecule has 21 heavy (non-hydrogen) atoms. The summed E-state index contributed by atoms with van der Waals surface area (Å²) >= 11 is 0.630. The molecule has 8 heteroatoms. The largest absolute Gasteiger partial charge is 0.489 e. The maximum atomic E-state index is 12.7. The van der Waals surface area contributed by atoms with Crippen LogP contribution in [-0.4, -0.2) is 17.2 Å². The molecule has 0 saturated heterocycles. The first-order chi connectivity index (χ1) is 10.1. The maximum absolute atomic E-state index is 12.7. The Bertz CT molecular complexity index is 570. The SMILES string of the molecule is F[N]=[W].OB(O)c1cccc(OCc2ccc(F)cc2)c1. The van der Waals surface area contributed by atoms with Crippen molar-refractivity contribution in [2.45, 2.75) is 6.61 Å². The molecule has 0 unspecified atom stereocenters. The van der Waals surface area contributed by atoms with Crippen LogP contribution in [0.5, 0.6) is 5.75 Å². The molecule has 0 bridgehead atoms. The van der Waals surface area contributed by atoms with Crippen molar-refractivity contribution in [3.8, 4) is 5.75 Å². The molecule has 2 N–H and O–H groups in total. The molecule has 2 aromatic rings. The van der Waals surface area contributed by atoms with Crippen molar-refractivity contribution >= 4 is 12.6 Å². The average molecular weight is 463 g/mol. The number of ether oxygens (including phenoxy) is 1. The molecule has 0 radical (unpaired) electrons. The Hall–Kier alpha value is -1.43. The van der Waals surface area contributed by atoms with Gasteiger partial charge in [0.2, 0.25) is 0 Å². The average Bonchev–Trinajstić information content (AvgIpc) is 2.48. The minimum Gasteiger partial charge on any atom is -0.489 e. The molecule has 0 aliphatic rings. The zero-order chi connectivity index (χ0) is 15.7. The van der Waals surface area contributed by atoms with Gasteiger partial charge in [0.25, 0.3) is 0 Å². The van der Waals surface area contributed by atoms with E-state index in [0.717, 1.165) is 5.56 Å². The van der Waals surface area contributed by atoms with Gasteiger partial charge < -0.3 is 14.8 Å². The molecule has 0 heterocycles. The summed E-state index contributed by atoms with van der Waals surface area (Å²) in [4.78, 5) is 0. The van der Waals surface area contributed by atoms with Gasteiger partial charge in [-0.1, -0.05) is 24.3 Å². The first kappa shape index (κ1) is 17.6. The van der Waals surface area contributed by atoms with Crippen molar-refractivity contribution in [1.82, 2.24) is 0 Å². The van der Waals surface area contributed by atoms with E-state index in [2.05, 4.69) is 3.72 Å². The van der Waals surface area contributed by atoms with Gasteiger partial charge in [-0.15, -0.1) is 0 Å². The van der Waals surface area contributed by atoms with Crippen LogP contribution in [0.4, 0.5) is 8.87 Å². The first-order valence-corrected chi connectivity index (χ1v) is 7.15. The third-order valence-corrected chi connectivity index (χ3v) is 2.47. The van der Waals surface area contributed by atoms with Crippen LogP contribution in [-0.2, 0) is 26.2 Å². The Morgan fingerprint density at radius 3 is 2.33 bits per heavy atom. The number of hydrogen-bond donors (Lipinski definition) is 2. The summed E-state index contributed by atoms with van der Waals surface area (Å²) in [6.07, 6.45) is 0. The Labute approximate surface area is 132 Å². The van der Waals surface area contributed by atoms with Crippen LogP contribution in [0, 0.1) is 5.82 Å². The van der Waals surface area contributed by atoms with Crippen LogP contribution < -0.4 is 10.2 Å². The number of hydrogen-bond acceptors (Lipinski definition) is 4. The van der Waals surface area contributed by atoms with E-state index in [1.807, 2.05) is 0 Å². The summed E-state index contributed by atoms with van der Waals surface area (Å²) in [5.41, 5.74) is 1.21. The first-order valence-electron chi connectivity index (χ1n) is 5.83. The maximum Gasteiger partial charge on any atom is 0.488 e. The molecule has 0 saturated carbocycles. The predicted molar refractivity (Wildman–Crippen MR) is 70.5 cm³/mol. The number of halogens is 2. The fourth-order valence-corrected chi connectivity index (χ4v) is 1.51. The van der Waals surface area contributed by atoms with Gasteiger partial charge in [-0.25, -0.2) is 4.39 Å². The molecular weight excluding hydrogens is 451 g/mol. The third-order valence-electron chi connectivity index (χ3n) is 2.47. The molecule has 0 aromatic heterocycles. The molecule has 2 aromatic carbocycles. The van der Waals surface area contributed by atoms with Gasteiger partial charge in [-0.3, -0.25) is 0 Å². The van der Waals surface area contributed by atoms with E-state index in [9.17, 15) is 8.87 Å². The quantitative estimate of drug-likeness (QED) is 0.680. The summed E-state index contributed by atoms with van der Waals surface area (Å²) in [7, 11) is -1.51. The van der Waals surface area contributed by atoms with Crippen molar-refractivity contribution < 1.29 is 43.3 Å². The summed E-state index contributed by atoms with van der Waals surface area (Å²) in [6.45, 7) is 0.297. The van der Waals surface area contributed by atoms with Crippen molar-refractivity contribution in [1.29, 1.82) is 0 Å². The zero-order valence-corrected chi connectivity index (χ0v) is 13.8. The van der Waals surface area contributed by atoms with Gasteiger partial charge in [-0.05, 0) is 35.3 Å². The fourth-order valence-electron chi connectivity index (χ4n) is 1.51. The Morgan fingerprint density at radius 2 is 1.76 bits per heavy atom. The van der Waals surface area contributed by atoms with E-state index in [0.29, 0.717) is 37.5 Å². The summed E-state index contributed by atoms with van der Waals surface area (Å²) in [5.74, 6) is 0.245. The molecule has 0 fully saturated rings. The second-order valence-electron chi connectivity index (χ2n) is 3.93. The van der Waals surface area contributed by atoms with Crippen LogP contribution in [0.2, 0.25) is 0 Å². The molecule has 4 nitrogen and oxygen atoms in total. The second-order valence-corrected chi connectivity index (χ2v) is 4.43. The summed E-state index contributed by atoms with van der Waals surface area (Å²) < 4.78 is 30.2. The van der Waals surface area contributed by atoms with Crippen molar-refractivity contribution in [3.63, 3.8) is 0 Å². The van der Waals surface area contributed by atoms with E-state index in [1.54, 1.807) is 36.4 Å². The summed E-state index contributed by atoms with van der Waals surface area (Å²) in [6, 6.07) is 12.5. The molecule has 0 atom stereocenters. The number of nitrogens with zero attached hydrogens (tertiary/aromatic N) is 1. The Morgan fingerprint density at radius 1 is 1.14 bits per heavy atom. The summed E-state index contributed by atoms with van der Waals surface area (Å²) in [5, 5.41) is 18.0. The van der Waals surface area contributed by atoms with E-state index in [1.165, 1.54) is 12.1 Å². The van der Waals surface area contributed by atoms with Gasteiger partial charge in [-0.2, -0.15) is 0 Å².